The molecule has 1 aromatic carbocycles. The molecular weight excluding hydrogens is 376 g/mol. The van der Waals surface area contributed by atoms with Gasteiger partial charge in [-0.3, -0.25) is 29.8 Å². The van der Waals surface area contributed by atoms with Crippen molar-refractivity contribution in [1.29, 1.82) is 0 Å². The van der Waals surface area contributed by atoms with Gasteiger partial charge in [0.15, 0.2) is 0 Å². The van der Waals surface area contributed by atoms with Gasteiger partial charge in [-0.15, -0.1) is 0 Å². The summed E-state index contributed by atoms with van der Waals surface area (Å²) in [5, 5.41) is 4.64. The molecule has 2 bridgehead atoms. The standard InChI is InChI=1S/C21H18N2O6/c1-8-3-5-9(6-4-8)20(28)29-10-7-21(2)14-12(16(24)22-18(14)26)11(10)13-15(21)19(27)23-17(13)25/h3-7,11-15H,1-2H3,(H,22,24,26)(H,23,25,27)/t11?,12-,13+,14+,15-,21?. The summed E-state index contributed by atoms with van der Waals surface area (Å²) in [6, 6.07) is 6.81. The molecule has 4 amide bonds. The Balaban J connectivity index is 1.59. The Kier molecular flexibility index (Phi) is 3.45. The average Bonchev–Trinajstić information content (AvgIpc) is 3.13. The first-order valence-corrected chi connectivity index (χ1v) is 9.43. The van der Waals surface area contributed by atoms with Crippen LogP contribution in [0.1, 0.15) is 22.8 Å². The second kappa shape index (κ2) is 5.62. The van der Waals surface area contributed by atoms with E-state index in [9.17, 15) is 24.0 Å². The maximum absolute atomic E-state index is 12.7. The van der Waals surface area contributed by atoms with Crippen molar-refractivity contribution in [2.45, 2.75) is 13.8 Å². The third-order valence-corrected chi connectivity index (χ3v) is 6.78. The van der Waals surface area contributed by atoms with Crippen molar-refractivity contribution in [2.24, 2.45) is 35.0 Å². The average molecular weight is 394 g/mol. The summed E-state index contributed by atoms with van der Waals surface area (Å²) >= 11 is 0. The lowest BCUT2D eigenvalue weighted by molar-refractivity contribution is -0.149. The highest BCUT2D eigenvalue weighted by Gasteiger charge is 2.72. The van der Waals surface area contributed by atoms with Gasteiger partial charge in [0.25, 0.3) is 0 Å². The van der Waals surface area contributed by atoms with E-state index in [0.717, 1.165) is 5.56 Å². The van der Waals surface area contributed by atoms with Crippen molar-refractivity contribution < 1.29 is 28.7 Å². The van der Waals surface area contributed by atoms with E-state index in [2.05, 4.69) is 10.6 Å². The topological polar surface area (TPSA) is 119 Å². The summed E-state index contributed by atoms with van der Waals surface area (Å²) in [4.78, 5) is 62.8. The van der Waals surface area contributed by atoms with E-state index >= 15 is 0 Å². The molecule has 2 saturated heterocycles. The molecule has 2 unspecified atom stereocenters. The number of carbonyl (C=O) groups is 5. The van der Waals surface area contributed by atoms with Crippen molar-refractivity contribution in [3.8, 4) is 0 Å². The van der Waals surface area contributed by atoms with Crippen LogP contribution in [-0.4, -0.2) is 29.6 Å². The van der Waals surface area contributed by atoms with Gasteiger partial charge in [-0.2, -0.15) is 0 Å². The van der Waals surface area contributed by atoms with E-state index in [1.165, 1.54) is 0 Å². The molecule has 5 aliphatic rings. The van der Waals surface area contributed by atoms with Crippen LogP contribution in [0.15, 0.2) is 36.1 Å². The van der Waals surface area contributed by atoms with Crippen LogP contribution in [0.3, 0.4) is 0 Å². The van der Waals surface area contributed by atoms with Crippen LogP contribution in [0, 0.1) is 41.9 Å². The molecule has 0 spiro atoms. The molecule has 6 rings (SSSR count). The first-order chi connectivity index (χ1) is 13.7. The largest absolute Gasteiger partial charge is 0.427 e. The zero-order valence-corrected chi connectivity index (χ0v) is 15.7. The Morgan fingerprint density at radius 1 is 0.862 bits per heavy atom. The Morgan fingerprint density at radius 2 is 1.38 bits per heavy atom. The molecule has 3 aliphatic carbocycles. The molecule has 1 aromatic rings. The Hall–Kier alpha value is -3.29. The fourth-order valence-corrected chi connectivity index (χ4v) is 5.58. The molecular formula is C21H18N2O6. The van der Waals surface area contributed by atoms with Gasteiger partial charge in [0.1, 0.15) is 5.76 Å². The fourth-order valence-electron chi connectivity index (χ4n) is 5.58. The number of esters is 1. The number of hydrogen-bond acceptors (Lipinski definition) is 6. The van der Waals surface area contributed by atoms with Crippen molar-refractivity contribution in [3.05, 3.63) is 47.2 Å². The van der Waals surface area contributed by atoms with Gasteiger partial charge >= 0.3 is 5.97 Å². The zero-order valence-electron chi connectivity index (χ0n) is 15.7. The highest BCUT2D eigenvalue weighted by molar-refractivity contribution is 6.11. The van der Waals surface area contributed by atoms with Gasteiger partial charge in [-0.05, 0) is 25.1 Å². The summed E-state index contributed by atoms with van der Waals surface area (Å²) in [6.45, 7) is 3.57. The molecule has 2 heterocycles. The summed E-state index contributed by atoms with van der Waals surface area (Å²) in [6.07, 6.45) is 1.60. The van der Waals surface area contributed by atoms with Gasteiger partial charge in [-0.25, -0.2) is 4.79 Å². The lowest BCUT2D eigenvalue weighted by Crippen LogP contribution is -2.58. The first-order valence-electron chi connectivity index (χ1n) is 9.43. The molecule has 0 aromatic heterocycles. The molecule has 8 nitrogen and oxygen atoms in total. The number of ether oxygens (including phenoxy) is 1. The Labute approximate surface area is 165 Å². The molecule has 1 saturated carbocycles. The van der Waals surface area contributed by atoms with Gasteiger partial charge in [0, 0.05) is 11.3 Å². The summed E-state index contributed by atoms with van der Waals surface area (Å²) < 4.78 is 5.64. The van der Waals surface area contributed by atoms with Crippen LogP contribution < -0.4 is 10.6 Å². The third kappa shape index (κ3) is 2.22. The maximum atomic E-state index is 12.7. The van der Waals surface area contributed by atoms with E-state index < -0.39 is 64.6 Å². The number of carbonyl (C=O) groups excluding carboxylic acids is 5. The molecule has 2 N–H and O–H groups in total. The van der Waals surface area contributed by atoms with E-state index in [1.807, 2.05) is 6.92 Å². The zero-order chi connectivity index (χ0) is 20.7. The van der Waals surface area contributed by atoms with Gasteiger partial charge in [-0.1, -0.05) is 24.6 Å². The monoisotopic (exact) mass is 394 g/mol. The van der Waals surface area contributed by atoms with E-state index in [4.69, 9.17) is 4.74 Å². The number of benzene rings is 1. The predicted molar refractivity (Wildman–Crippen MR) is 96.5 cm³/mol. The van der Waals surface area contributed by atoms with Crippen LogP contribution >= 0.6 is 0 Å². The van der Waals surface area contributed by atoms with Crippen LogP contribution in [-0.2, 0) is 23.9 Å². The minimum absolute atomic E-state index is 0.176. The molecule has 0 radical (unpaired) electrons. The van der Waals surface area contributed by atoms with Crippen LogP contribution in [0.2, 0.25) is 0 Å². The number of hydrogen-bond donors (Lipinski definition) is 2. The highest BCUT2D eigenvalue weighted by Crippen LogP contribution is 2.63. The maximum Gasteiger partial charge on any atom is 0.343 e. The summed E-state index contributed by atoms with van der Waals surface area (Å²) in [7, 11) is 0. The first kappa shape index (κ1) is 17.8. The molecule has 148 valence electrons. The second-order valence-electron chi connectivity index (χ2n) is 8.41. The van der Waals surface area contributed by atoms with E-state index in [1.54, 1.807) is 37.3 Å². The van der Waals surface area contributed by atoms with Crippen LogP contribution in [0.25, 0.3) is 0 Å². The van der Waals surface area contributed by atoms with E-state index in [-0.39, 0.29) is 5.76 Å². The summed E-state index contributed by atoms with van der Waals surface area (Å²) in [5.74, 6) is -6.47. The Morgan fingerprint density at radius 3 is 1.90 bits per heavy atom. The summed E-state index contributed by atoms with van der Waals surface area (Å²) in [5.41, 5.74) is 0.201. The smallest absolute Gasteiger partial charge is 0.343 e. The predicted octanol–water partition coefficient (Wildman–Crippen LogP) is 0.463. The van der Waals surface area contributed by atoms with Crippen LogP contribution in [0.4, 0.5) is 0 Å². The minimum atomic E-state index is -1.11. The van der Waals surface area contributed by atoms with Crippen LogP contribution in [0.5, 0.6) is 0 Å². The number of amides is 4. The molecule has 2 aliphatic heterocycles. The molecule has 3 fully saturated rings. The van der Waals surface area contributed by atoms with E-state index in [0.29, 0.717) is 5.56 Å². The third-order valence-electron chi connectivity index (χ3n) is 6.78. The lowest BCUT2D eigenvalue weighted by Gasteiger charge is -2.52. The number of allylic oxidation sites excluding steroid dienone is 2. The fraction of sp³-hybridized carbons (Fsp3) is 0.381. The van der Waals surface area contributed by atoms with Gasteiger partial charge in [0.2, 0.25) is 23.6 Å². The van der Waals surface area contributed by atoms with Gasteiger partial charge in [0.05, 0.1) is 29.2 Å². The molecule has 29 heavy (non-hydrogen) atoms. The minimum Gasteiger partial charge on any atom is -0.427 e. The normalized spacial score (nSPS) is 36.9. The Bertz CT molecular complexity index is 998. The number of imide groups is 2. The van der Waals surface area contributed by atoms with Gasteiger partial charge < -0.3 is 4.74 Å². The molecule has 6 atom stereocenters. The van der Waals surface area contributed by atoms with Crippen molar-refractivity contribution in [3.63, 3.8) is 0 Å². The van der Waals surface area contributed by atoms with Crippen molar-refractivity contribution >= 4 is 29.6 Å². The number of nitrogens with one attached hydrogen (secondary N) is 2. The lowest BCUT2D eigenvalue weighted by atomic mass is 9.47. The number of aryl methyl sites for hydroxylation is 1. The number of rotatable bonds is 2. The highest BCUT2D eigenvalue weighted by atomic mass is 16.5. The van der Waals surface area contributed by atoms with Crippen molar-refractivity contribution in [1.82, 2.24) is 10.6 Å². The second-order valence-corrected chi connectivity index (χ2v) is 8.41. The molecule has 8 heteroatoms. The van der Waals surface area contributed by atoms with Crippen molar-refractivity contribution in [2.75, 3.05) is 0 Å². The SMILES string of the molecule is Cc1ccc(C(=O)OC2=CC3(C)[C@@H]4C(=O)NC(=O)[C@@H]4C2[C@@H]2C(=O)NC(=O)[C@@H]23)cc1. The quantitative estimate of drug-likeness (QED) is 0.556.